The molecule has 0 aliphatic rings. The first-order valence-electron chi connectivity index (χ1n) is 7.65. The van der Waals surface area contributed by atoms with Crippen LogP contribution in [-0.2, 0) is 11.3 Å². The summed E-state index contributed by atoms with van der Waals surface area (Å²) in [5.41, 5.74) is 1.91. The molecule has 0 radical (unpaired) electrons. The van der Waals surface area contributed by atoms with E-state index < -0.39 is 0 Å². The number of carbonyl (C=O) groups excluding carboxylic acids is 1. The molecule has 0 saturated heterocycles. The van der Waals surface area contributed by atoms with E-state index in [4.69, 9.17) is 20.8 Å². The topological polar surface area (TPSA) is 77.2 Å². The van der Waals surface area contributed by atoms with Crippen molar-refractivity contribution >= 4 is 17.5 Å². The Bertz CT molecular complexity index is 862. The number of nitrogens with zero attached hydrogens (tertiary/aromatic N) is 2. The monoisotopic (exact) mass is 357 g/mol. The van der Waals surface area contributed by atoms with Crippen molar-refractivity contribution in [1.82, 2.24) is 15.5 Å². The van der Waals surface area contributed by atoms with Crippen LogP contribution in [0.2, 0.25) is 5.02 Å². The summed E-state index contributed by atoms with van der Waals surface area (Å²) >= 11 is 5.79. The van der Waals surface area contributed by atoms with Crippen LogP contribution in [-0.4, -0.2) is 22.7 Å². The Balaban J connectivity index is 1.51. The summed E-state index contributed by atoms with van der Waals surface area (Å²) < 4.78 is 10.9. The van der Waals surface area contributed by atoms with Crippen molar-refractivity contribution in [3.8, 4) is 17.2 Å². The molecule has 25 heavy (non-hydrogen) atoms. The zero-order chi connectivity index (χ0) is 17.6. The molecule has 0 bridgehead atoms. The first kappa shape index (κ1) is 17.0. The number of amides is 1. The number of aromatic nitrogens is 2. The average molecular weight is 358 g/mol. The second-order valence-corrected chi connectivity index (χ2v) is 5.77. The molecule has 1 N–H and O–H groups in total. The first-order valence-corrected chi connectivity index (χ1v) is 8.03. The van der Waals surface area contributed by atoms with Gasteiger partial charge in [0.1, 0.15) is 5.75 Å². The largest absolute Gasteiger partial charge is 0.484 e. The molecule has 1 amide bonds. The Morgan fingerprint density at radius 3 is 2.68 bits per heavy atom. The van der Waals surface area contributed by atoms with Crippen molar-refractivity contribution in [2.75, 3.05) is 6.61 Å². The summed E-state index contributed by atoms with van der Waals surface area (Å²) in [5, 5.41) is 11.2. The lowest BCUT2D eigenvalue weighted by Crippen LogP contribution is -2.28. The molecule has 0 spiro atoms. The van der Waals surface area contributed by atoms with Crippen LogP contribution < -0.4 is 10.1 Å². The van der Waals surface area contributed by atoms with Gasteiger partial charge in [-0.1, -0.05) is 29.8 Å². The summed E-state index contributed by atoms with van der Waals surface area (Å²) in [5.74, 6) is 1.04. The summed E-state index contributed by atoms with van der Waals surface area (Å²) in [6.07, 6.45) is 0. The van der Waals surface area contributed by atoms with Gasteiger partial charge in [0.15, 0.2) is 6.61 Å². The molecule has 0 atom stereocenters. The number of nitrogens with one attached hydrogen (secondary N) is 1. The Hall–Kier alpha value is -2.86. The van der Waals surface area contributed by atoms with Gasteiger partial charge in [-0.2, -0.15) is 0 Å². The molecule has 2 aromatic carbocycles. The van der Waals surface area contributed by atoms with Gasteiger partial charge in [-0.05, 0) is 42.8 Å². The quantitative estimate of drug-likeness (QED) is 0.731. The number of halogens is 1. The minimum Gasteiger partial charge on any atom is -0.484 e. The van der Waals surface area contributed by atoms with Crippen molar-refractivity contribution in [1.29, 1.82) is 0 Å². The van der Waals surface area contributed by atoms with E-state index in [-0.39, 0.29) is 19.1 Å². The summed E-state index contributed by atoms with van der Waals surface area (Å²) in [7, 11) is 0. The van der Waals surface area contributed by atoms with E-state index in [0.717, 1.165) is 11.1 Å². The van der Waals surface area contributed by atoms with E-state index in [9.17, 15) is 4.79 Å². The molecule has 0 fully saturated rings. The van der Waals surface area contributed by atoms with E-state index >= 15 is 0 Å². The number of hydrogen-bond acceptors (Lipinski definition) is 5. The van der Waals surface area contributed by atoms with E-state index in [1.807, 2.05) is 31.2 Å². The van der Waals surface area contributed by atoms with Crippen LogP contribution in [0.15, 0.2) is 52.9 Å². The maximum absolute atomic E-state index is 11.8. The highest BCUT2D eigenvalue weighted by atomic mass is 35.5. The molecule has 0 aliphatic heterocycles. The summed E-state index contributed by atoms with van der Waals surface area (Å²) in [4.78, 5) is 11.8. The van der Waals surface area contributed by atoms with Gasteiger partial charge in [-0.15, -0.1) is 10.2 Å². The molecule has 3 rings (SSSR count). The summed E-state index contributed by atoms with van der Waals surface area (Å²) in [6.45, 7) is 2.00. The van der Waals surface area contributed by atoms with E-state index in [0.29, 0.717) is 22.6 Å². The van der Waals surface area contributed by atoms with Gasteiger partial charge >= 0.3 is 0 Å². The van der Waals surface area contributed by atoms with Crippen molar-refractivity contribution in [2.24, 2.45) is 0 Å². The normalized spacial score (nSPS) is 10.5. The molecule has 0 aliphatic carbocycles. The molecule has 7 heteroatoms. The van der Waals surface area contributed by atoms with Gasteiger partial charge in [0.05, 0.1) is 6.54 Å². The molecular weight excluding hydrogens is 342 g/mol. The Morgan fingerprint density at radius 2 is 1.92 bits per heavy atom. The van der Waals surface area contributed by atoms with Crippen LogP contribution in [0.1, 0.15) is 11.5 Å². The van der Waals surface area contributed by atoms with Gasteiger partial charge in [0.25, 0.3) is 5.91 Å². The molecule has 0 unspecified atom stereocenters. The average Bonchev–Trinajstić information content (AvgIpc) is 3.08. The van der Waals surface area contributed by atoms with Gasteiger partial charge in [-0.25, -0.2) is 0 Å². The smallest absolute Gasteiger partial charge is 0.258 e. The second kappa shape index (κ2) is 7.81. The van der Waals surface area contributed by atoms with Crippen LogP contribution in [0.4, 0.5) is 0 Å². The van der Waals surface area contributed by atoms with Gasteiger partial charge in [0, 0.05) is 10.6 Å². The zero-order valence-electron chi connectivity index (χ0n) is 13.5. The highest BCUT2D eigenvalue weighted by molar-refractivity contribution is 6.30. The Kier molecular flexibility index (Phi) is 5.30. The van der Waals surface area contributed by atoms with Gasteiger partial charge < -0.3 is 14.5 Å². The summed E-state index contributed by atoms with van der Waals surface area (Å²) in [6, 6.07) is 14.5. The number of ether oxygens (including phenoxy) is 1. The van der Waals surface area contributed by atoms with Gasteiger partial charge in [0.2, 0.25) is 11.8 Å². The lowest BCUT2D eigenvalue weighted by Gasteiger charge is -2.06. The van der Waals surface area contributed by atoms with Crippen LogP contribution in [0.3, 0.4) is 0 Å². The second-order valence-electron chi connectivity index (χ2n) is 5.34. The van der Waals surface area contributed by atoms with E-state index in [2.05, 4.69) is 15.5 Å². The maximum Gasteiger partial charge on any atom is 0.258 e. The predicted molar refractivity (Wildman–Crippen MR) is 93.3 cm³/mol. The number of carbonyl (C=O) groups is 1. The van der Waals surface area contributed by atoms with Gasteiger partial charge in [-0.3, -0.25) is 4.79 Å². The Labute approximate surface area is 149 Å². The van der Waals surface area contributed by atoms with Crippen molar-refractivity contribution < 1.29 is 13.9 Å². The third-order valence-corrected chi connectivity index (χ3v) is 3.71. The van der Waals surface area contributed by atoms with Crippen molar-refractivity contribution in [3.63, 3.8) is 0 Å². The third-order valence-electron chi connectivity index (χ3n) is 3.46. The molecule has 0 saturated carbocycles. The van der Waals surface area contributed by atoms with E-state index in [1.54, 1.807) is 24.3 Å². The van der Waals surface area contributed by atoms with Crippen molar-refractivity contribution in [2.45, 2.75) is 13.5 Å². The number of hydrogen-bond donors (Lipinski definition) is 1. The molecule has 1 aromatic heterocycles. The minimum absolute atomic E-state index is 0.111. The number of aryl methyl sites for hydroxylation is 1. The minimum atomic E-state index is -0.286. The molecule has 128 valence electrons. The van der Waals surface area contributed by atoms with Crippen LogP contribution in [0.5, 0.6) is 5.75 Å². The highest BCUT2D eigenvalue weighted by Gasteiger charge is 2.11. The Morgan fingerprint density at radius 1 is 1.16 bits per heavy atom. The fraction of sp³-hybridized carbons (Fsp3) is 0.167. The first-order chi connectivity index (χ1) is 12.1. The van der Waals surface area contributed by atoms with Crippen LogP contribution in [0.25, 0.3) is 11.5 Å². The highest BCUT2D eigenvalue weighted by Crippen LogP contribution is 2.21. The fourth-order valence-electron chi connectivity index (χ4n) is 2.15. The molecular formula is C18H16ClN3O3. The molecule has 6 nitrogen and oxygen atoms in total. The molecule has 3 aromatic rings. The fourth-order valence-corrected chi connectivity index (χ4v) is 2.28. The lowest BCUT2D eigenvalue weighted by molar-refractivity contribution is -0.123. The maximum atomic E-state index is 11.8. The molecule has 1 heterocycles. The predicted octanol–water partition coefficient (Wildman–Crippen LogP) is 3.39. The third kappa shape index (κ3) is 4.58. The standard InChI is InChI=1S/C18H16ClN3O3/c1-12-4-2-3-5-15(12)18-22-21-17(25-18)10-20-16(23)11-24-14-8-6-13(19)7-9-14/h2-9H,10-11H2,1H3,(H,20,23). The number of benzene rings is 2. The SMILES string of the molecule is Cc1ccccc1-c1nnc(CNC(=O)COc2ccc(Cl)cc2)o1. The number of rotatable bonds is 6. The lowest BCUT2D eigenvalue weighted by atomic mass is 10.1. The van der Waals surface area contributed by atoms with E-state index in [1.165, 1.54) is 0 Å². The van der Waals surface area contributed by atoms with Crippen LogP contribution in [0, 0.1) is 6.92 Å². The van der Waals surface area contributed by atoms with Crippen molar-refractivity contribution in [3.05, 3.63) is 65.0 Å². The zero-order valence-corrected chi connectivity index (χ0v) is 14.3. The van der Waals surface area contributed by atoms with Crippen LogP contribution >= 0.6 is 11.6 Å².